The molecule has 0 bridgehead atoms. The monoisotopic (exact) mass is 276 g/mol. The number of nitro benzene ring substituents is 1. The largest absolute Gasteiger partial charge is 0.478 e. The van der Waals surface area contributed by atoms with Crippen molar-refractivity contribution in [1.82, 2.24) is 0 Å². The van der Waals surface area contributed by atoms with E-state index >= 15 is 0 Å². The van der Waals surface area contributed by atoms with Crippen LogP contribution in [0.25, 0.3) is 16.5 Å². The Morgan fingerprint density at radius 1 is 1.60 bits per heavy atom. The van der Waals surface area contributed by atoms with Gasteiger partial charge in [0.2, 0.25) is 0 Å². The van der Waals surface area contributed by atoms with Crippen LogP contribution in [0.5, 0.6) is 0 Å². The molecule has 0 aliphatic rings. The Morgan fingerprint density at radius 2 is 2.30 bits per heavy atom. The van der Waals surface area contributed by atoms with Crippen molar-refractivity contribution in [3.05, 3.63) is 55.5 Å². The molecule has 1 aromatic carbocycles. The summed E-state index contributed by atoms with van der Waals surface area (Å²) in [4.78, 5) is 23.9. The molecule has 1 rings (SSSR count). The molecule has 0 amide bonds. The van der Waals surface area contributed by atoms with Crippen LogP contribution < -0.4 is 0 Å². The van der Waals surface area contributed by atoms with Gasteiger partial charge in [-0.1, -0.05) is 17.3 Å². The molecule has 0 fully saturated rings. The Balaban J connectivity index is 3.11. The van der Waals surface area contributed by atoms with Gasteiger partial charge in [-0.05, 0) is 30.5 Å². The highest BCUT2D eigenvalue weighted by Crippen LogP contribution is 2.24. The molecule has 0 aliphatic carbocycles. The quantitative estimate of drug-likeness (QED) is 0.213. The summed E-state index contributed by atoms with van der Waals surface area (Å²) < 4.78 is 0. The molecule has 1 N–H and O–H groups in total. The van der Waals surface area contributed by atoms with Crippen LogP contribution in [-0.4, -0.2) is 22.5 Å². The molecular weight excluding hydrogens is 264 g/mol. The highest BCUT2D eigenvalue weighted by atomic mass is 16.6. The number of carboxylic acid groups (broad SMARTS) is 1. The van der Waals surface area contributed by atoms with Crippen molar-refractivity contribution in [3.8, 4) is 0 Å². The molecular formula is C12H12N4O4. The minimum atomic E-state index is -1.21. The number of rotatable bonds is 6. The van der Waals surface area contributed by atoms with Gasteiger partial charge in [0.05, 0.1) is 10.5 Å². The number of benzene rings is 1. The van der Waals surface area contributed by atoms with Crippen molar-refractivity contribution in [2.75, 3.05) is 6.54 Å². The molecule has 1 aromatic rings. The van der Waals surface area contributed by atoms with E-state index in [9.17, 15) is 14.9 Å². The van der Waals surface area contributed by atoms with Crippen molar-refractivity contribution in [1.29, 1.82) is 0 Å². The molecule has 104 valence electrons. The molecule has 0 aliphatic heterocycles. The van der Waals surface area contributed by atoms with Gasteiger partial charge in [0.25, 0.3) is 5.69 Å². The van der Waals surface area contributed by atoms with E-state index in [2.05, 4.69) is 10.0 Å². The molecule has 0 aromatic heterocycles. The van der Waals surface area contributed by atoms with Crippen LogP contribution in [0, 0.1) is 17.0 Å². The van der Waals surface area contributed by atoms with Crippen LogP contribution in [-0.2, 0) is 0 Å². The average molecular weight is 276 g/mol. The van der Waals surface area contributed by atoms with Gasteiger partial charge in [0.1, 0.15) is 0 Å². The fourth-order valence-electron chi connectivity index (χ4n) is 1.63. The summed E-state index contributed by atoms with van der Waals surface area (Å²) >= 11 is 0. The minimum absolute atomic E-state index is 0.103. The van der Waals surface area contributed by atoms with Gasteiger partial charge in [-0.2, -0.15) is 0 Å². The lowest BCUT2D eigenvalue weighted by molar-refractivity contribution is -0.385. The number of aromatic carboxylic acids is 1. The second kappa shape index (κ2) is 6.91. The predicted molar refractivity (Wildman–Crippen MR) is 72.5 cm³/mol. The number of carbonyl (C=O) groups is 1. The van der Waals surface area contributed by atoms with Crippen molar-refractivity contribution in [3.63, 3.8) is 0 Å². The van der Waals surface area contributed by atoms with Crippen LogP contribution in [0.3, 0.4) is 0 Å². The Kier molecular flexibility index (Phi) is 5.25. The molecule has 0 radical (unpaired) electrons. The highest BCUT2D eigenvalue weighted by molar-refractivity contribution is 5.91. The van der Waals surface area contributed by atoms with Gasteiger partial charge in [-0.15, -0.1) is 0 Å². The van der Waals surface area contributed by atoms with Crippen LogP contribution in [0.4, 0.5) is 5.69 Å². The standard InChI is InChI=1S/C12H12N4O4/c1-8-10(12(17)18)6-9(7-11(8)16(19)20)4-2-3-5-14-15-13/h2,4,6-7H,3,5H2,1H3,(H,17,18). The first-order chi connectivity index (χ1) is 9.47. The zero-order valence-corrected chi connectivity index (χ0v) is 10.7. The lowest BCUT2D eigenvalue weighted by Crippen LogP contribution is -2.03. The molecule has 0 saturated heterocycles. The molecule has 8 nitrogen and oxygen atoms in total. The van der Waals surface area contributed by atoms with E-state index in [0.29, 0.717) is 12.0 Å². The maximum absolute atomic E-state index is 11.1. The predicted octanol–water partition coefficient (Wildman–Crippen LogP) is 3.32. The number of hydrogen-bond acceptors (Lipinski definition) is 4. The summed E-state index contributed by atoms with van der Waals surface area (Å²) in [6.07, 6.45) is 3.69. The topological polar surface area (TPSA) is 129 Å². The van der Waals surface area contributed by atoms with E-state index in [0.717, 1.165) is 0 Å². The maximum Gasteiger partial charge on any atom is 0.336 e. The van der Waals surface area contributed by atoms with E-state index in [1.54, 1.807) is 12.2 Å². The average Bonchev–Trinajstić information content (AvgIpc) is 2.39. The van der Waals surface area contributed by atoms with Gasteiger partial charge < -0.3 is 5.11 Å². The summed E-state index contributed by atoms with van der Waals surface area (Å²) in [5.74, 6) is -1.21. The van der Waals surface area contributed by atoms with Crippen molar-refractivity contribution >= 4 is 17.7 Å². The number of hydrogen-bond donors (Lipinski definition) is 1. The molecule has 8 heteroatoms. The molecule has 20 heavy (non-hydrogen) atoms. The van der Waals surface area contributed by atoms with Crippen LogP contribution in [0.2, 0.25) is 0 Å². The lowest BCUT2D eigenvalue weighted by Gasteiger charge is -2.04. The van der Waals surface area contributed by atoms with E-state index in [1.807, 2.05) is 0 Å². The molecule has 0 atom stereocenters. The Labute approximate surface area is 114 Å². The smallest absolute Gasteiger partial charge is 0.336 e. The molecule has 0 unspecified atom stereocenters. The fourth-order valence-corrected chi connectivity index (χ4v) is 1.63. The van der Waals surface area contributed by atoms with Gasteiger partial charge in [0.15, 0.2) is 0 Å². The third-order valence-electron chi connectivity index (χ3n) is 2.60. The third kappa shape index (κ3) is 3.82. The van der Waals surface area contributed by atoms with Crippen molar-refractivity contribution < 1.29 is 14.8 Å². The van der Waals surface area contributed by atoms with Crippen LogP contribution >= 0.6 is 0 Å². The number of azide groups is 1. The summed E-state index contributed by atoms with van der Waals surface area (Å²) in [6.45, 7) is 1.67. The molecule has 0 heterocycles. The van der Waals surface area contributed by atoms with Gasteiger partial charge in [-0.25, -0.2) is 4.79 Å². The zero-order valence-electron chi connectivity index (χ0n) is 10.7. The zero-order chi connectivity index (χ0) is 15.1. The lowest BCUT2D eigenvalue weighted by atomic mass is 10.0. The first-order valence-corrected chi connectivity index (χ1v) is 5.67. The van der Waals surface area contributed by atoms with Crippen molar-refractivity contribution in [2.45, 2.75) is 13.3 Å². The second-order valence-corrected chi connectivity index (χ2v) is 3.92. The third-order valence-corrected chi connectivity index (χ3v) is 2.60. The SMILES string of the molecule is Cc1c(C(=O)O)cc(C=CCCN=[N+]=[N-])cc1[N+](=O)[O-]. The van der Waals surface area contributed by atoms with Gasteiger partial charge in [0, 0.05) is 23.1 Å². The van der Waals surface area contributed by atoms with Gasteiger partial charge in [-0.3, -0.25) is 10.1 Å². The van der Waals surface area contributed by atoms with E-state index in [1.165, 1.54) is 19.1 Å². The van der Waals surface area contributed by atoms with E-state index in [4.69, 9.17) is 10.6 Å². The van der Waals surface area contributed by atoms with Crippen LogP contribution in [0.1, 0.15) is 27.9 Å². The summed E-state index contributed by atoms with van der Waals surface area (Å²) in [5.41, 5.74) is 8.30. The Hall–Kier alpha value is -2.86. The van der Waals surface area contributed by atoms with Crippen LogP contribution in [0.15, 0.2) is 23.3 Å². The Morgan fingerprint density at radius 3 is 2.85 bits per heavy atom. The second-order valence-electron chi connectivity index (χ2n) is 3.92. The molecule has 0 spiro atoms. The normalized spacial score (nSPS) is 10.2. The first-order valence-electron chi connectivity index (χ1n) is 5.67. The highest BCUT2D eigenvalue weighted by Gasteiger charge is 2.19. The molecule has 0 saturated carbocycles. The van der Waals surface area contributed by atoms with E-state index in [-0.39, 0.29) is 23.4 Å². The number of nitrogens with zero attached hydrogens (tertiary/aromatic N) is 4. The minimum Gasteiger partial charge on any atom is -0.478 e. The summed E-state index contributed by atoms with van der Waals surface area (Å²) in [6, 6.07) is 2.68. The maximum atomic E-state index is 11.1. The number of carboxylic acids is 1. The summed E-state index contributed by atoms with van der Waals surface area (Å²) in [5, 5.41) is 23.3. The fraction of sp³-hybridized carbons (Fsp3) is 0.250. The van der Waals surface area contributed by atoms with E-state index < -0.39 is 10.9 Å². The Bertz CT molecular complexity index is 583. The number of nitro groups is 1. The van der Waals surface area contributed by atoms with Crippen molar-refractivity contribution in [2.24, 2.45) is 5.11 Å². The first kappa shape index (κ1) is 15.2. The van der Waals surface area contributed by atoms with Gasteiger partial charge >= 0.3 is 5.97 Å². The summed E-state index contributed by atoms with van der Waals surface area (Å²) in [7, 11) is 0.